The van der Waals surface area contributed by atoms with Gasteiger partial charge in [0.05, 0.1) is 6.26 Å². The summed E-state index contributed by atoms with van der Waals surface area (Å²) in [6, 6.07) is 3.61. The number of rotatable bonds is 1. The lowest BCUT2D eigenvalue weighted by molar-refractivity contribution is 0.579. The largest absolute Gasteiger partial charge is 0.463 e. The van der Waals surface area contributed by atoms with Crippen LogP contribution in [-0.2, 0) is 0 Å². The summed E-state index contributed by atoms with van der Waals surface area (Å²) in [4.78, 5) is 0. The quantitative estimate of drug-likeness (QED) is 0.629. The fourth-order valence-electron chi connectivity index (χ4n) is 0.706. The zero-order valence-electron chi connectivity index (χ0n) is 5.03. The van der Waals surface area contributed by atoms with E-state index in [-0.39, 0.29) is 0 Å². The molecule has 49 valence electrons. The van der Waals surface area contributed by atoms with Crippen LogP contribution >= 0.6 is 0 Å². The van der Waals surface area contributed by atoms with E-state index in [4.69, 9.17) is 4.42 Å². The second-order valence-corrected chi connectivity index (χ2v) is 1.78. The van der Waals surface area contributed by atoms with E-state index >= 15 is 0 Å². The summed E-state index contributed by atoms with van der Waals surface area (Å²) in [5.74, 6) is 0.699. The van der Waals surface area contributed by atoms with Crippen LogP contribution in [0.2, 0.25) is 0 Å². The summed E-state index contributed by atoms with van der Waals surface area (Å²) in [7, 11) is 0. The highest BCUT2D eigenvalue weighted by Crippen LogP contribution is 2.13. The molecule has 0 saturated heterocycles. The highest BCUT2D eigenvalue weighted by molar-refractivity contribution is 5.48. The Morgan fingerprint density at radius 3 is 3.20 bits per heavy atom. The van der Waals surface area contributed by atoms with Crippen LogP contribution in [0, 0.1) is 6.20 Å². The van der Waals surface area contributed by atoms with Gasteiger partial charge in [-0.3, -0.25) is 5.10 Å². The van der Waals surface area contributed by atoms with Gasteiger partial charge >= 0.3 is 0 Å². The first-order valence-corrected chi connectivity index (χ1v) is 2.79. The standard InChI is InChI=1S/C6H4N3O/c1-2-6(10-3-1)5-4-7-9-8-5/h1-3H,(H,7,8,9). The van der Waals surface area contributed by atoms with E-state index in [9.17, 15) is 0 Å². The Morgan fingerprint density at radius 1 is 1.60 bits per heavy atom. The molecule has 0 aromatic carbocycles. The number of H-pyrrole nitrogens is 1. The third-order valence-corrected chi connectivity index (χ3v) is 1.14. The van der Waals surface area contributed by atoms with E-state index in [0.29, 0.717) is 11.5 Å². The van der Waals surface area contributed by atoms with Gasteiger partial charge in [-0.05, 0) is 12.1 Å². The van der Waals surface area contributed by atoms with Gasteiger partial charge in [0.25, 0.3) is 0 Å². The van der Waals surface area contributed by atoms with Crippen molar-refractivity contribution in [1.29, 1.82) is 0 Å². The normalized spacial score (nSPS) is 10.0. The first-order valence-electron chi connectivity index (χ1n) is 2.79. The number of hydrogen-bond acceptors (Lipinski definition) is 3. The average molecular weight is 134 g/mol. The van der Waals surface area contributed by atoms with Crippen molar-refractivity contribution < 1.29 is 4.42 Å². The monoisotopic (exact) mass is 134 g/mol. The van der Waals surface area contributed by atoms with Gasteiger partial charge in [-0.1, -0.05) is 5.21 Å². The maximum Gasteiger partial charge on any atom is 0.154 e. The van der Waals surface area contributed by atoms with Crippen LogP contribution in [0.15, 0.2) is 22.8 Å². The molecule has 10 heavy (non-hydrogen) atoms. The van der Waals surface area contributed by atoms with E-state index in [2.05, 4.69) is 21.6 Å². The van der Waals surface area contributed by atoms with Crippen molar-refractivity contribution >= 4 is 0 Å². The van der Waals surface area contributed by atoms with Gasteiger partial charge in [-0.15, -0.1) is 5.10 Å². The second kappa shape index (κ2) is 1.98. The number of aromatic nitrogens is 3. The lowest BCUT2D eigenvalue weighted by atomic mass is 10.4. The predicted molar refractivity (Wildman–Crippen MR) is 32.9 cm³/mol. The zero-order valence-corrected chi connectivity index (χ0v) is 5.03. The third kappa shape index (κ3) is 0.699. The molecule has 0 aliphatic heterocycles. The van der Waals surface area contributed by atoms with Gasteiger partial charge in [-0.2, -0.15) is 0 Å². The number of hydrogen-bond donors (Lipinski definition) is 1. The van der Waals surface area contributed by atoms with Crippen molar-refractivity contribution in [2.45, 2.75) is 0 Å². The molecule has 0 atom stereocenters. The summed E-state index contributed by atoms with van der Waals surface area (Å²) in [5, 5.41) is 9.60. The zero-order chi connectivity index (χ0) is 6.81. The molecule has 4 nitrogen and oxygen atoms in total. The summed E-state index contributed by atoms with van der Waals surface area (Å²) in [6.45, 7) is 0. The first-order chi connectivity index (χ1) is 4.97. The molecule has 0 aliphatic carbocycles. The van der Waals surface area contributed by atoms with E-state index in [0.717, 1.165) is 0 Å². The topological polar surface area (TPSA) is 54.7 Å². The Hall–Kier alpha value is -1.58. The molecule has 4 heteroatoms. The Bertz CT molecular complexity index is 252. The van der Waals surface area contributed by atoms with Crippen LogP contribution in [0.1, 0.15) is 0 Å². The van der Waals surface area contributed by atoms with E-state index in [1.165, 1.54) is 0 Å². The average Bonchev–Trinajstić information content (AvgIpc) is 2.59. The lowest BCUT2D eigenvalue weighted by Gasteiger charge is -1.83. The van der Waals surface area contributed by atoms with E-state index in [1.807, 2.05) is 6.07 Å². The van der Waals surface area contributed by atoms with Crippen LogP contribution in [0.25, 0.3) is 11.5 Å². The minimum Gasteiger partial charge on any atom is -0.463 e. The molecule has 0 bridgehead atoms. The molecule has 1 N–H and O–H groups in total. The predicted octanol–water partition coefficient (Wildman–Crippen LogP) is 0.865. The number of furan rings is 1. The molecule has 0 unspecified atom stereocenters. The van der Waals surface area contributed by atoms with Crippen LogP contribution in [-0.4, -0.2) is 15.4 Å². The minimum absolute atomic E-state index is 0.671. The van der Waals surface area contributed by atoms with Gasteiger partial charge in [0.2, 0.25) is 0 Å². The van der Waals surface area contributed by atoms with Crippen molar-refractivity contribution in [3.05, 3.63) is 24.6 Å². The van der Waals surface area contributed by atoms with Crippen LogP contribution in [0.5, 0.6) is 0 Å². The molecule has 0 spiro atoms. The number of nitrogens with one attached hydrogen (secondary N) is 1. The Balaban J connectivity index is 2.48. The summed E-state index contributed by atoms with van der Waals surface area (Å²) >= 11 is 0. The fourth-order valence-corrected chi connectivity index (χ4v) is 0.706. The van der Waals surface area contributed by atoms with E-state index in [1.54, 1.807) is 12.3 Å². The van der Waals surface area contributed by atoms with Gasteiger partial charge < -0.3 is 4.42 Å². The Kier molecular flexibility index (Phi) is 1.04. The van der Waals surface area contributed by atoms with Crippen molar-refractivity contribution in [2.75, 3.05) is 0 Å². The fraction of sp³-hybridized carbons (Fsp3) is 0. The Labute approximate surface area is 56.9 Å². The molecule has 2 aromatic rings. The number of aromatic amines is 1. The molecule has 0 fully saturated rings. The third-order valence-electron chi connectivity index (χ3n) is 1.14. The maximum atomic E-state index is 5.04. The molecule has 2 aromatic heterocycles. The molecule has 2 rings (SSSR count). The van der Waals surface area contributed by atoms with Crippen molar-refractivity contribution in [2.24, 2.45) is 0 Å². The smallest absolute Gasteiger partial charge is 0.154 e. The maximum absolute atomic E-state index is 5.04. The molecule has 0 saturated carbocycles. The van der Waals surface area contributed by atoms with Crippen LogP contribution < -0.4 is 0 Å². The number of nitrogens with zero attached hydrogens (tertiary/aromatic N) is 2. The molecular formula is C6H4N3O. The SMILES string of the molecule is [c]1nn[nH]c1-c1ccco1. The van der Waals surface area contributed by atoms with Crippen molar-refractivity contribution in [3.8, 4) is 11.5 Å². The molecule has 0 amide bonds. The Morgan fingerprint density at radius 2 is 2.60 bits per heavy atom. The van der Waals surface area contributed by atoms with Crippen molar-refractivity contribution in [1.82, 2.24) is 15.4 Å². The minimum atomic E-state index is 0.671. The molecule has 0 aliphatic rings. The van der Waals surface area contributed by atoms with Gasteiger partial charge in [0.15, 0.2) is 5.76 Å². The first kappa shape index (κ1) is 5.22. The summed E-state index contributed by atoms with van der Waals surface area (Å²) in [5.41, 5.74) is 0.671. The summed E-state index contributed by atoms with van der Waals surface area (Å²) in [6.07, 6.45) is 4.22. The van der Waals surface area contributed by atoms with Crippen LogP contribution in [0.4, 0.5) is 0 Å². The lowest BCUT2D eigenvalue weighted by Crippen LogP contribution is -1.71. The molecular weight excluding hydrogens is 130 g/mol. The molecule has 2 heterocycles. The highest BCUT2D eigenvalue weighted by Gasteiger charge is 2.00. The van der Waals surface area contributed by atoms with Gasteiger partial charge in [0.1, 0.15) is 11.9 Å². The van der Waals surface area contributed by atoms with Crippen LogP contribution in [0.3, 0.4) is 0 Å². The summed E-state index contributed by atoms with van der Waals surface area (Å²) < 4.78 is 5.04. The van der Waals surface area contributed by atoms with Gasteiger partial charge in [-0.25, -0.2) is 0 Å². The van der Waals surface area contributed by atoms with Gasteiger partial charge in [0, 0.05) is 0 Å². The van der Waals surface area contributed by atoms with E-state index < -0.39 is 0 Å². The van der Waals surface area contributed by atoms with Crippen molar-refractivity contribution in [3.63, 3.8) is 0 Å². The second-order valence-electron chi connectivity index (χ2n) is 1.78. The highest BCUT2D eigenvalue weighted by atomic mass is 16.3. The molecule has 1 radical (unpaired) electrons.